The first-order chi connectivity index (χ1) is 16.9. The summed E-state index contributed by atoms with van der Waals surface area (Å²) in [5.74, 6) is 1.66. The van der Waals surface area contributed by atoms with Crippen LogP contribution in [0.15, 0.2) is 48.7 Å². The van der Waals surface area contributed by atoms with Gasteiger partial charge in [-0.2, -0.15) is 13.2 Å². The van der Waals surface area contributed by atoms with Crippen LogP contribution >= 0.6 is 24.8 Å². The summed E-state index contributed by atoms with van der Waals surface area (Å²) in [4.78, 5) is 6.18. The van der Waals surface area contributed by atoms with Crippen LogP contribution in [0, 0.1) is 5.92 Å². The Bertz CT molecular complexity index is 1390. The average molecular weight is 555 g/mol. The maximum absolute atomic E-state index is 14.1. The molecule has 1 aromatic carbocycles. The Balaban J connectivity index is 0.00000160. The number of likely N-dealkylation sites (tertiary alicyclic amines) is 1. The number of nitrogens with zero attached hydrogens (tertiary/aromatic N) is 5. The zero-order chi connectivity index (χ0) is 24.2. The van der Waals surface area contributed by atoms with E-state index in [9.17, 15) is 13.2 Å². The van der Waals surface area contributed by atoms with E-state index in [-0.39, 0.29) is 43.0 Å². The number of alkyl halides is 3. The van der Waals surface area contributed by atoms with Gasteiger partial charge in [-0.25, -0.2) is 4.98 Å². The molecule has 37 heavy (non-hydrogen) atoms. The van der Waals surface area contributed by atoms with Crippen molar-refractivity contribution in [3.8, 4) is 17.3 Å². The van der Waals surface area contributed by atoms with Gasteiger partial charge in [-0.3, -0.25) is 9.30 Å². The van der Waals surface area contributed by atoms with Gasteiger partial charge < -0.3 is 10.5 Å². The van der Waals surface area contributed by atoms with E-state index < -0.39 is 12.2 Å². The predicted molar refractivity (Wildman–Crippen MR) is 139 cm³/mol. The Labute approximate surface area is 224 Å². The average Bonchev–Trinajstić information content (AvgIpc) is 3.42. The number of ether oxygens (including phenoxy) is 1. The van der Waals surface area contributed by atoms with Crippen LogP contribution in [0.3, 0.4) is 0 Å². The molecule has 0 amide bonds. The Morgan fingerprint density at radius 2 is 1.84 bits per heavy atom. The Morgan fingerprint density at radius 3 is 2.54 bits per heavy atom. The van der Waals surface area contributed by atoms with Crippen molar-refractivity contribution in [3.63, 3.8) is 0 Å². The highest BCUT2D eigenvalue weighted by Crippen LogP contribution is 2.39. The summed E-state index contributed by atoms with van der Waals surface area (Å²) in [6.45, 7) is 1.16. The second kappa shape index (κ2) is 10.6. The lowest BCUT2D eigenvalue weighted by molar-refractivity contribution is -0.183. The molecule has 2 atom stereocenters. The number of para-hydroxylation sites is 1. The fourth-order valence-corrected chi connectivity index (χ4v) is 4.75. The first-order valence-electron chi connectivity index (χ1n) is 11.8. The number of benzene rings is 1. The van der Waals surface area contributed by atoms with Gasteiger partial charge in [0.05, 0.1) is 6.61 Å². The molecule has 0 spiro atoms. The van der Waals surface area contributed by atoms with Crippen molar-refractivity contribution in [3.05, 3.63) is 54.2 Å². The minimum absolute atomic E-state index is 0. The molecule has 1 aliphatic carbocycles. The van der Waals surface area contributed by atoms with Gasteiger partial charge in [0.15, 0.2) is 11.5 Å². The van der Waals surface area contributed by atoms with Crippen LogP contribution in [0.25, 0.3) is 28.1 Å². The topological polar surface area (TPSA) is 81.6 Å². The van der Waals surface area contributed by atoms with Crippen molar-refractivity contribution >= 4 is 41.4 Å². The van der Waals surface area contributed by atoms with E-state index in [2.05, 4.69) is 10.2 Å². The van der Waals surface area contributed by atoms with Gasteiger partial charge in [-0.05, 0) is 48.9 Å². The second-order valence-electron chi connectivity index (χ2n) is 9.48. The second-order valence-corrected chi connectivity index (χ2v) is 9.48. The molecule has 1 saturated carbocycles. The van der Waals surface area contributed by atoms with Crippen molar-refractivity contribution in [2.45, 2.75) is 37.5 Å². The molecule has 3 aromatic heterocycles. The fourth-order valence-electron chi connectivity index (χ4n) is 4.75. The molecule has 4 heterocycles. The molecule has 1 unspecified atom stereocenters. The quantitative estimate of drug-likeness (QED) is 0.352. The first-order valence-corrected chi connectivity index (χ1v) is 11.8. The standard InChI is InChI=1S/C25H25F3N6O.2ClH/c26-25(27,28)23(33-11-10-18(29)13-33)17-7-9-21-31-32-24(34(21)12-17)19-8-6-16-2-1-3-20(22(16)30-19)35-14-15-4-5-15;;/h1-3,6-9,12,15,18,23H,4-5,10-11,13-14,29H2;2*1H/t18?,23-;;/m0../s1. The number of rotatable bonds is 6. The number of aromatic nitrogens is 4. The number of halogens is 5. The van der Waals surface area contributed by atoms with E-state index >= 15 is 0 Å². The highest BCUT2D eigenvalue weighted by Gasteiger charge is 2.46. The monoisotopic (exact) mass is 554 g/mol. The van der Waals surface area contributed by atoms with Crippen molar-refractivity contribution in [1.29, 1.82) is 0 Å². The third-order valence-electron chi connectivity index (χ3n) is 6.76. The summed E-state index contributed by atoms with van der Waals surface area (Å²) in [6, 6.07) is 10.5. The number of hydrogen-bond acceptors (Lipinski definition) is 6. The highest BCUT2D eigenvalue weighted by atomic mass is 35.5. The summed E-state index contributed by atoms with van der Waals surface area (Å²) < 4.78 is 50.0. The molecule has 1 saturated heterocycles. The van der Waals surface area contributed by atoms with E-state index in [0.29, 0.717) is 53.9 Å². The minimum atomic E-state index is -4.44. The van der Waals surface area contributed by atoms with Crippen molar-refractivity contribution in [2.24, 2.45) is 11.7 Å². The van der Waals surface area contributed by atoms with Crippen LogP contribution in [-0.4, -0.2) is 56.4 Å². The summed E-state index contributed by atoms with van der Waals surface area (Å²) in [5.41, 5.74) is 7.67. The van der Waals surface area contributed by atoms with Crippen molar-refractivity contribution < 1.29 is 17.9 Å². The third kappa shape index (κ3) is 5.47. The first kappa shape index (κ1) is 27.4. The molecule has 6 rings (SSSR count). The number of fused-ring (bicyclic) bond motifs is 2. The summed E-state index contributed by atoms with van der Waals surface area (Å²) in [5, 5.41) is 9.33. The lowest BCUT2D eigenvalue weighted by atomic mass is 10.1. The molecule has 12 heteroatoms. The van der Waals surface area contributed by atoms with Gasteiger partial charge in [0.2, 0.25) is 0 Å². The summed E-state index contributed by atoms with van der Waals surface area (Å²) in [6.07, 6.45) is -0.0760. The van der Waals surface area contributed by atoms with E-state index in [0.717, 1.165) is 5.39 Å². The molecule has 0 bridgehead atoms. The molecule has 4 aromatic rings. The van der Waals surface area contributed by atoms with Crippen LogP contribution in [0.1, 0.15) is 30.9 Å². The molecular weight excluding hydrogens is 528 g/mol. The molecule has 198 valence electrons. The lowest BCUT2D eigenvalue weighted by Gasteiger charge is -2.30. The molecule has 7 nitrogen and oxygen atoms in total. The molecule has 2 N–H and O–H groups in total. The molecule has 2 fully saturated rings. The predicted octanol–water partition coefficient (Wildman–Crippen LogP) is 5.21. The third-order valence-corrected chi connectivity index (χ3v) is 6.76. The summed E-state index contributed by atoms with van der Waals surface area (Å²) in [7, 11) is 0. The smallest absolute Gasteiger partial charge is 0.408 e. The van der Waals surface area contributed by atoms with Gasteiger partial charge in [-0.1, -0.05) is 24.3 Å². The number of pyridine rings is 2. The van der Waals surface area contributed by atoms with E-state index in [1.54, 1.807) is 16.5 Å². The molecular formula is C25H27Cl2F3N6O. The minimum Gasteiger partial charge on any atom is -0.491 e. The van der Waals surface area contributed by atoms with E-state index in [4.69, 9.17) is 15.5 Å². The summed E-state index contributed by atoms with van der Waals surface area (Å²) >= 11 is 0. The molecule has 1 aliphatic heterocycles. The van der Waals surface area contributed by atoms with Crippen LogP contribution in [0.4, 0.5) is 13.2 Å². The number of nitrogens with two attached hydrogens (primary N) is 1. The number of hydrogen-bond donors (Lipinski definition) is 1. The van der Waals surface area contributed by atoms with Crippen LogP contribution < -0.4 is 10.5 Å². The Kier molecular flexibility index (Phi) is 7.85. The van der Waals surface area contributed by atoms with E-state index in [1.807, 2.05) is 24.3 Å². The maximum atomic E-state index is 14.1. The van der Waals surface area contributed by atoms with Crippen LogP contribution in [-0.2, 0) is 0 Å². The zero-order valence-corrected chi connectivity index (χ0v) is 21.4. The Hall–Kier alpha value is -2.66. The van der Waals surface area contributed by atoms with Gasteiger partial charge in [0.1, 0.15) is 23.0 Å². The zero-order valence-electron chi connectivity index (χ0n) is 19.8. The largest absolute Gasteiger partial charge is 0.491 e. The molecule has 0 radical (unpaired) electrons. The normalized spacial score (nSPS) is 19.0. The van der Waals surface area contributed by atoms with Crippen molar-refractivity contribution in [2.75, 3.05) is 19.7 Å². The van der Waals surface area contributed by atoms with Gasteiger partial charge in [0.25, 0.3) is 0 Å². The molecule has 2 aliphatic rings. The van der Waals surface area contributed by atoms with Crippen LogP contribution in [0.5, 0.6) is 5.75 Å². The van der Waals surface area contributed by atoms with Gasteiger partial charge in [0, 0.05) is 30.7 Å². The highest BCUT2D eigenvalue weighted by molar-refractivity contribution is 5.86. The van der Waals surface area contributed by atoms with Gasteiger partial charge in [-0.15, -0.1) is 35.0 Å². The Morgan fingerprint density at radius 1 is 1.03 bits per heavy atom. The fraction of sp³-hybridized carbons (Fsp3) is 0.400. The van der Waals surface area contributed by atoms with Crippen LogP contribution in [0.2, 0.25) is 0 Å². The lowest BCUT2D eigenvalue weighted by Crippen LogP contribution is -2.38. The van der Waals surface area contributed by atoms with Crippen molar-refractivity contribution in [1.82, 2.24) is 24.5 Å². The maximum Gasteiger partial charge on any atom is 0.408 e. The SMILES string of the molecule is Cl.Cl.NC1CCN([C@@H](c2ccc3nnc(-c4ccc5cccc(OCC6CC6)c5n4)n3c2)C(F)(F)F)C1. The van der Waals surface area contributed by atoms with Gasteiger partial charge >= 0.3 is 6.18 Å². The van der Waals surface area contributed by atoms with E-state index in [1.165, 1.54) is 30.0 Å².